The van der Waals surface area contributed by atoms with Crippen LogP contribution in [0.3, 0.4) is 0 Å². The predicted molar refractivity (Wildman–Crippen MR) is 210 cm³/mol. The van der Waals surface area contributed by atoms with Gasteiger partial charge in [-0.15, -0.1) is 0 Å². The molecular formula is C47H31N3O. The van der Waals surface area contributed by atoms with Crippen LogP contribution < -0.4 is 0 Å². The van der Waals surface area contributed by atoms with Gasteiger partial charge in [0.25, 0.3) is 0 Å². The third-order valence-corrected chi connectivity index (χ3v) is 11.0. The largest absolute Gasteiger partial charge is 0.451 e. The Morgan fingerprint density at radius 2 is 1.24 bits per heavy atom. The molecule has 3 heterocycles. The number of benzene rings is 7. The summed E-state index contributed by atoms with van der Waals surface area (Å²) < 4.78 is 9.16. The molecule has 0 radical (unpaired) electrons. The van der Waals surface area contributed by atoms with Gasteiger partial charge in [0.1, 0.15) is 16.8 Å². The molecule has 0 N–H and O–H groups in total. The van der Waals surface area contributed by atoms with E-state index in [0.29, 0.717) is 11.5 Å². The molecule has 10 aromatic rings. The molecule has 1 aliphatic rings. The molecule has 0 bridgehead atoms. The highest BCUT2D eigenvalue weighted by Gasteiger charge is 2.38. The first-order valence-electron chi connectivity index (χ1n) is 17.5. The van der Waals surface area contributed by atoms with Gasteiger partial charge in [-0.2, -0.15) is 0 Å². The normalized spacial score (nSPS) is 13.5. The summed E-state index contributed by atoms with van der Waals surface area (Å²) in [6, 6.07) is 54.0. The van der Waals surface area contributed by atoms with E-state index in [4.69, 9.17) is 14.4 Å². The number of furan rings is 1. The zero-order chi connectivity index (χ0) is 33.8. The topological polar surface area (TPSA) is 43.9 Å². The lowest BCUT2D eigenvalue weighted by Crippen LogP contribution is -2.14. The van der Waals surface area contributed by atoms with Crippen LogP contribution in [0.15, 0.2) is 156 Å². The summed E-state index contributed by atoms with van der Waals surface area (Å²) in [5, 5.41) is 5.80. The first-order chi connectivity index (χ1) is 25.1. The van der Waals surface area contributed by atoms with Crippen LogP contribution in [0.5, 0.6) is 0 Å². The Balaban J connectivity index is 1.21. The standard InChI is InChI=1S/C47H31N3O/c1-47(2)37-21-10-8-19-34(37)41-38(47)25-24-35-43-45(51-44(35)41)42(29-14-4-3-5-15-29)48-46(49-43)50-39-22-11-9-18-33(39)36-27-30(23-26-40(36)50)32-20-12-16-28-13-6-7-17-31(28)32/h3-27H,1-2H3. The fourth-order valence-electron chi connectivity index (χ4n) is 8.60. The van der Waals surface area contributed by atoms with Crippen LogP contribution in [0.1, 0.15) is 25.0 Å². The number of fused-ring (bicyclic) bond motifs is 11. The lowest BCUT2D eigenvalue weighted by atomic mass is 9.82. The zero-order valence-corrected chi connectivity index (χ0v) is 28.2. The predicted octanol–water partition coefficient (Wildman–Crippen LogP) is 12.3. The van der Waals surface area contributed by atoms with Gasteiger partial charge in [-0.25, -0.2) is 9.97 Å². The third kappa shape index (κ3) is 3.90. The van der Waals surface area contributed by atoms with Gasteiger partial charge in [-0.1, -0.05) is 141 Å². The van der Waals surface area contributed by atoms with Crippen molar-refractivity contribution in [3.63, 3.8) is 0 Å². The summed E-state index contributed by atoms with van der Waals surface area (Å²) in [5.74, 6) is 0.620. The van der Waals surface area contributed by atoms with Gasteiger partial charge >= 0.3 is 0 Å². The minimum Gasteiger partial charge on any atom is -0.451 e. The monoisotopic (exact) mass is 653 g/mol. The van der Waals surface area contributed by atoms with E-state index in [-0.39, 0.29) is 5.41 Å². The molecule has 3 aromatic heterocycles. The number of nitrogens with zero attached hydrogens (tertiary/aromatic N) is 3. The molecule has 51 heavy (non-hydrogen) atoms. The molecule has 240 valence electrons. The maximum Gasteiger partial charge on any atom is 0.236 e. The van der Waals surface area contributed by atoms with E-state index in [0.717, 1.165) is 55.1 Å². The van der Waals surface area contributed by atoms with Crippen LogP contribution in [0.25, 0.3) is 94.1 Å². The molecule has 1 aliphatic carbocycles. The maximum absolute atomic E-state index is 6.94. The molecule has 0 saturated carbocycles. The third-order valence-electron chi connectivity index (χ3n) is 11.0. The second kappa shape index (κ2) is 10.3. The fourth-order valence-corrected chi connectivity index (χ4v) is 8.60. The van der Waals surface area contributed by atoms with E-state index in [1.54, 1.807) is 0 Å². The molecule has 7 aromatic carbocycles. The Morgan fingerprint density at radius 3 is 2.14 bits per heavy atom. The minimum atomic E-state index is -0.133. The van der Waals surface area contributed by atoms with E-state index in [1.165, 1.54) is 38.6 Å². The highest BCUT2D eigenvalue weighted by molar-refractivity contribution is 6.14. The van der Waals surface area contributed by atoms with Gasteiger partial charge in [0, 0.05) is 32.7 Å². The van der Waals surface area contributed by atoms with Crippen molar-refractivity contribution in [3.8, 4) is 39.5 Å². The van der Waals surface area contributed by atoms with Crippen LogP contribution in [0, 0.1) is 0 Å². The average Bonchev–Trinajstić information content (AvgIpc) is 3.80. The average molecular weight is 654 g/mol. The number of hydrogen-bond donors (Lipinski definition) is 0. The van der Waals surface area contributed by atoms with E-state index in [1.807, 2.05) is 6.07 Å². The van der Waals surface area contributed by atoms with Crippen LogP contribution in [0.2, 0.25) is 0 Å². The van der Waals surface area contributed by atoms with Gasteiger partial charge in [0.15, 0.2) is 5.58 Å². The Labute approximate surface area is 294 Å². The summed E-state index contributed by atoms with van der Waals surface area (Å²) in [5.41, 5.74) is 13.5. The van der Waals surface area contributed by atoms with Crippen LogP contribution in [0.4, 0.5) is 0 Å². The molecule has 4 nitrogen and oxygen atoms in total. The lowest BCUT2D eigenvalue weighted by Gasteiger charge is -2.21. The molecular weight excluding hydrogens is 623 g/mol. The van der Waals surface area contributed by atoms with Crippen molar-refractivity contribution in [2.45, 2.75) is 19.3 Å². The Hall–Kier alpha value is -6.52. The summed E-state index contributed by atoms with van der Waals surface area (Å²) in [6.07, 6.45) is 0. The van der Waals surface area contributed by atoms with E-state index >= 15 is 0 Å². The van der Waals surface area contributed by atoms with Gasteiger partial charge in [-0.3, -0.25) is 4.57 Å². The second-order valence-corrected chi connectivity index (χ2v) is 14.2. The van der Waals surface area contributed by atoms with Crippen molar-refractivity contribution in [2.24, 2.45) is 0 Å². The van der Waals surface area contributed by atoms with Gasteiger partial charge in [-0.05, 0) is 62.9 Å². The molecule has 0 spiro atoms. The molecule has 0 amide bonds. The summed E-state index contributed by atoms with van der Waals surface area (Å²) in [4.78, 5) is 10.7. The van der Waals surface area contributed by atoms with E-state index in [2.05, 4.69) is 164 Å². The summed E-state index contributed by atoms with van der Waals surface area (Å²) in [6.45, 7) is 4.60. The van der Waals surface area contributed by atoms with Gasteiger partial charge in [0.05, 0.1) is 11.0 Å². The quantitative estimate of drug-likeness (QED) is 0.191. The van der Waals surface area contributed by atoms with Crippen molar-refractivity contribution in [1.29, 1.82) is 0 Å². The number of rotatable bonds is 3. The van der Waals surface area contributed by atoms with Gasteiger partial charge < -0.3 is 4.42 Å². The number of para-hydroxylation sites is 1. The van der Waals surface area contributed by atoms with Crippen molar-refractivity contribution in [2.75, 3.05) is 0 Å². The first-order valence-corrected chi connectivity index (χ1v) is 17.5. The van der Waals surface area contributed by atoms with Crippen LogP contribution in [-0.4, -0.2) is 14.5 Å². The molecule has 11 rings (SSSR count). The lowest BCUT2D eigenvalue weighted by molar-refractivity contribution is 0.652. The molecule has 0 fully saturated rings. The van der Waals surface area contributed by atoms with E-state index < -0.39 is 0 Å². The molecule has 4 heteroatoms. The summed E-state index contributed by atoms with van der Waals surface area (Å²) >= 11 is 0. The SMILES string of the molecule is CC1(C)c2ccccc2-c2c1ccc1c2oc2c(-c3ccccc3)nc(-n3c4ccccc4c4cc(-c5cccc6ccccc56)ccc43)nc21. The Bertz CT molecular complexity index is 3050. The van der Waals surface area contributed by atoms with Gasteiger partial charge in [0.2, 0.25) is 5.95 Å². The number of aromatic nitrogens is 3. The molecule has 0 saturated heterocycles. The first kappa shape index (κ1) is 28.3. The number of hydrogen-bond acceptors (Lipinski definition) is 3. The van der Waals surface area contributed by atoms with Crippen molar-refractivity contribution < 1.29 is 4.42 Å². The molecule has 0 atom stereocenters. The smallest absolute Gasteiger partial charge is 0.236 e. The highest BCUT2D eigenvalue weighted by atomic mass is 16.3. The van der Waals surface area contributed by atoms with Crippen LogP contribution in [-0.2, 0) is 5.41 Å². The summed E-state index contributed by atoms with van der Waals surface area (Å²) in [7, 11) is 0. The van der Waals surface area contributed by atoms with Crippen molar-refractivity contribution in [1.82, 2.24) is 14.5 Å². The highest BCUT2D eigenvalue weighted by Crippen LogP contribution is 2.52. The van der Waals surface area contributed by atoms with Crippen LogP contribution >= 0.6 is 0 Å². The second-order valence-electron chi connectivity index (χ2n) is 14.2. The Morgan fingerprint density at radius 1 is 0.510 bits per heavy atom. The molecule has 0 aliphatic heterocycles. The molecule has 0 unspecified atom stereocenters. The van der Waals surface area contributed by atoms with Crippen molar-refractivity contribution >= 4 is 54.6 Å². The fraction of sp³-hybridized carbons (Fsp3) is 0.0638. The zero-order valence-electron chi connectivity index (χ0n) is 28.2. The van der Waals surface area contributed by atoms with Crippen molar-refractivity contribution in [3.05, 3.63) is 163 Å². The Kier molecular flexibility index (Phi) is 5.70. The van der Waals surface area contributed by atoms with E-state index in [9.17, 15) is 0 Å². The maximum atomic E-state index is 6.94. The minimum absolute atomic E-state index is 0.133.